The van der Waals surface area contributed by atoms with Crippen molar-refractivity contribution in [2.24, 2.45) is 0 Å². The molecule has 0 spiro atoms. The van der Waals surface area contributed by atoms with Crippen LogP contribution in [0.3, 0.4) is 0 Å². The number of carbonyl (C=O) groups is 1. The minimum atomic E-state index is -0.632. The van der Waals surface area contributed by atoms with Crippen molar-refractivity contribution >= 4 is 33.3 Å². The molecule has 1 aromatic carbocycles. The smallest absolute Gasteiger partial charge is 0.165 e. The summed E-state index contributed by atoms with van der Waals surface area (Å²) in [6.45, 7) is 1.98. The van der Waals surface area contributed by atoms with Gasteiger partial charge >= 0.3 is 0 Å². The highest BCUT2D eigenvalue weighted by molar-refractivity contribution is 9.10. The Kier molecular flexibility index (Phi) is 4.74. The number of ketones is 1. The van der Waals surface area contributed by atoms with Crippen LogP contribution in [-0.4, -0.2) is 5.78 Å². The molecule has 0 saturated carbocycles. The fraction of sp³-hybridized carbons (Fsp3) is 0.364. The summed E-state index contributed by atoms with van der Waals surface area (Å²) in [7, 11) is 0. The summed E-state index contributed by atoms with van der Waals surface area (Å²) < 4.78 is 14.0. The monoisotopic (exact) mass is 292 g/mol. The average molecular weight is 294 g/mol. The van der Waals surface area contributed by atoms with E-state index < -0.39 is 5.82 Å². The standard InChI is InChI=1S/C11H11BrClFO/c1-2-3-4-9(15)7-5-6-8(12)10(13)11(7)14/h5-6H,2-4H2,1H3. The van der Waals surface area contributed by atoms with Crippen molar-refractivity contribution in [3.8, 4) is 0 Å². The van der Waals surface area contributed by atoms with Gasteiger partial charge in [-0.25, -0.2) is 4.39 Å². The van der Waals surface area contributed by atoms with Gasteiger partial charge in [0.2, 0.25) is 0 Å². The van der Waals surface area contributed by atoms with Gasteiger partial charge in [0.15, 0.2) is 11.6 Å². The third-order valence-corrected chi connectivity index (χ3v) is 3.35. The molecular formula is C11H11BrClFO. The summed E-state index contributed by atoms with van der Waals surface area (Å²) in [5, 5.41) is -0.0302. The highest BCUT2D eigenvalue weighted by atomic mass is 79.9. The van der Waals surface area contributed by atoms with Crippen LogP contribution in [-0.2, 0) is 0 Å². The first kappa shape index (κ1) is 12.7. The van der Waals surface area contributed by atoms with Gasteiger partial charge in [-0.3, -0.25) is 4.79 Å². The van der Waals surface area contributed by atoms with Crippen LogP contribution >= 0.6 is 27.5 Å². The van der Waals surface area contributed by atoms with Gasteiger partial charge in [0.1, 0.15) is 0 Å². The first-order valence-corrected chi connectivity index (χ1v) is 5.91. The topological polar surface area (TPSA) is 17.1 Å². The highest BCUT2D eigenvalue weighted by Gasteiger charge is 2.15. The maximum absolute atomic E-state index is 13.6. The molecule has 0 amide bonds. The van der Waals surface area contributed by atoms with Crippen molar-refractivity contribution in [3.05, 3.63) is 33.0 Å². The first-order valence-electron chi connectivity index (χ1n) is 4.74. The van der Waals surface area contributed by atoms with Crippen molar-refractivity contribution < 1.29 is 9.18 Å². The van der Waals surface area contributed by atoms with E-state index >= 15 is 0 Å². The van der Waals surface area contributed by atoms with Gasteiger partial charge in [-0.2, -0.15) is 0 Å². The Bertz CT molecular complexity index is 379. The Hall–Kier alpha value is -0.410. The van der Waals surface area contributed by atoms with Crippen LogP contribution < -0.4 is 0 Å². The Balaban J connectivity index is 2.95. The van der Waals surface area contributed by atoms with Crippen molar-refractivity contribution in [2.75, 3.05) is 0 Å². The number of halogens is 3. The van der Waals surface area contributed by atoms with Crippen molar-refractivity contribution in [3.63, 3.8) is 0 Å². The zero-order chi connectivity index (χ0) is 11.4. The highest BCUT2D eigenvalue weighted by Crippen LogP contribution is 2.28. The number of rotatable bonds is 4. The van der Waals surface area contributed by atoms with Gasteiger partial charge in [0, 0.05) is 10.9 Å². The molecule has 0 aliphatic carbocycles. The zero-order valence-corrected chi connectivity index (χ0v) is 10.7. The van der Waals surface area contributed by atoms with Crippen LogP contribution in [0.4, 0.5) is 4.39 Å². The summed E-state index contributed by atoms with van der Waals surface area (Å²) in [5.41, 5.74) is 0.0802. The molecule has 15 heavy (non-hydrogen) atoms. The Labute approximate surface area is 102 Å². The van der Waals surface area contributed by atoms with Gasteiger partial charge in [-0.15, -0.1) is 0 Å². The molecule has 0 fully saturated rings. The van der Waals surface area contributed by atoms with E-state index in [9.17, 15) is 9.18 Å². The molecule has 1 aromatic rings. The first-order chi connectivity index (χ1) is 7.07. The molecule has 0 bridgehead atoms. The number of hydrogen-bond donors (Lipinski definition) is 0. The van der Waals surface area contributed by atoms with Crippen molar-refractivity contribution in [1.82, 2.24) is 0 Å². The second kappa shape index (κ2) is 5.61. The number of hydrogen-bond acceptors (Lipinski definition) is 1. The van der Waals surface area contributed by atoms with E-state index in [0.717, 1.165) is 12.8 Å². The number of unbranched alkanes of at least 4 members (excludes halogenated alkanes) is 1. The van der Waals surface area contributed by atoms with E-state index in [1.165, 1.54) is 6.07 Å². The van der Waals surface area contributed by atoms with E-state index in [4.69, 9.17) is 11.6 Å². The fourth-order valence-electron chi connectivity index (χ4n) is 1.21. The maximum atomic E-state index is 13.6. The Morgan fingerprint density at radius 1 is 1.53 bits per heavy atom. The molecule has 0 saturated heterocycles. The quantitative estimate of drug-likeness (QED) is 0.585. The molecule has 1 rings (SSSR count). The zero-order valence-electron chi connectivity index (χ0n) is 8.32. The van der Waals surface area contributed by atoms with Crippen LogP contribution in [0.1, 0.15) is 36.5 Å². The lowest BCUT2D eigenvalue weighted by atomic mass is 10.1. The largest absolute Gasteiger partial charge is 0.294 e. The molecule has 0 radical (unpaired) electrons. The second-order valence-electron chi connectivity index (χ2n) is 3.25. The average Bonchev–Trinajstić information content (AvgIpc) is 2.23. The van der Waals surface area contributed by atoms with Crippen molar-refractivity contribution in [1.29, 1.82) is 0 Å². The van der Waals surface area contributed by atoms with E-state index in [0.29, 0.717) is 10.9 Å². The SMILES string of the molecule is CCCCC(=O)c1ccc(Br)c(Cl)c1F. The molecule has 0 aliphatic heterocycles. The molecule has 0 aliphatic rings. The molecule has 1 nitrogen and oxygen atoms in total. The third kappa shape index (κ3) is 3.02. The van der Waals surface area contributed by atoms with E-state index in [2.05, 4.69) is 15.9 Å². The minimum absolute atomic E-state index is 0.0302. The van der Waals surface area contributed by atoms with Crippen molar-refractivity contribution in [2.45, 2.75) is 26.2 Å². The molecule has 0 unspecified atom stereocenters. The second-order valence-corrected chi connectivity index (χ2v) is 4.48. The van der Waals surface area contributed by atoms with E-state index in [1.54, 1.807) is 6.07 Å². The molecule has 4 heteroatoms. The van der Waals surface area contributed by atoms with Gasteiger partial charge in [-0.1, -0.05) is 24.9 Å². The Morgan fingerprint density at radius 2 is 2.20 bits per heavy atom. The normalized spacial score (nSPS) is 10.4. The summed E-state index contributed by atoms with van der Waals surface area (Å²) >= 11 is 8.79. The van der Waals surface area contributed by atoms with Gasteiger partial charge in [0.05, 0.1) is 10.6 Å². The summed E-state index contributed by atoms with van der Waals surface area (Å²) in [4.78, 5) is 11.6. The number of benzene rings is 1. The lowest BCUT2D eigenvalue weighted by Gasteiger charge is -2.04. The van der Waals surface area contributed by atoms with Crippen LogP contribution in [0.5, 0.6) is 0 Å². The van der Waals surface area contributed by atoms with E-state index in [1.807, 2.05) is 6.92 Å². The van der Waals surface area contributed by atoms with Gasteiger partial charge < -0.3 is 0 Å². The summed E-state index contributed by atoms with van der Waals surface area (Å²) in [5.74, 6) is -0.823. The van der Waals surface area contributed by atoms with Gasteiger partial charge in [0.25, 0.3) is 0 Å². The number of Topliss-reactive ketones (excluding diaryl/α,β-unsaturated/α-hetero) is 1. The predicted octanol–water partition coefficient (Wildman–Crippen LogP) is 4.61. The summed E-state index contributed by atoms with van der Waals surface area (Å²) in [6, 6.07) is 3.05. The van der Waals surface area contributed by atoms with Gasteiger partial charge in [-0.05, 0) is 34.5 Å². The predicted molar refractivity (Wildman–Crippen MR) is 63.0 cm³/mol. The Morgan fingerprint density at radius 3 is 2.80 bits per heavy atom. The summed E-state index contributed by atoms with van der Waals surface area (Å²) in [6.07, 6.45) is 2.05. The third-order valence-electron chi connectivity index (χ3n) is 2.09. The lowest BCUT2D eigenvalue weighted by molar-refractivity contribution is 0.0976. The maximum Gasteiger partial charge on any atom is 0.165 e. The van der Waals surface area contributed by atoms with Crippen LogP contribution in [0, 0.1) is 5.82 Å². The molecule has 0 atom stereocenters. The van der Waals surface area contributed by atoms with Crippen LogP contribution in [0.15, 0.2) is 16.6 Å². The minimum Gasteiger partial charge on any atom is -0.294 e. The molecule has 0 aromatic heterocycles. The molecule has 82 valence electrons. The number of carbonyl (C=O) groups excluding carboxylic acids is 1. The van der Waals surface area contributed by atoms with Crippen LogP contribution in [0.25, 0.3) is 0 Å². The molecule has 0 N–H and O–H groups in total. The van der Waals surface area contributed by atoms with Crippen LogP contribution in [0.2, 0.25) is 5.02 Å². The molecule has 0 heterocycles. The fourth-order valence-corrected chi connectivity index (χ4v) is 1.68. The molecular weight excluding hydrogens is 282 g/mol. The van der Waals surface area contributed by atoms with E-state index in [-0.39, 0.29) is 16.4 Å². The lowest BCUT2D eigenvalue weighted by Crippen LogP contribution is -2.02.